The Labute approximate surface area is 176 Å². The predicted molar refractivity (Wildman–Crippen MR) is 119 cm³/mol. The SMILES string of the molecule is CCNC(=NCc1cccc(CN2CCCC2=O)c1)N1CCC(N(CC)CC)C1. The second-order valence-corrected chi connectivity index (χ2v) is 8.02. The Balaban J connectivity index is 1.63. The first kappa shape index (κ1) is 21.6. The molecule has 0 radical (unpaired) electrons. The summed E-state index contributed by atoms with van der Waals surface area (Å²) in [6, 6.07) is 9.14. The summed E-state index contributed by atoms with van der Waals surface area (Å²) < 4.78 is 0. The van der Waals surface area contributed by atoms with E-state index in [0.29, 0.717) is 25.6 Å². The van der Waals surface area contributed by atoms with Gasteiger partial charge in [0.15, 0.2) is 5.96 Å². The topological polar surface area (TPSA) is 51.2 Å². The highest BCUT2D eigenvalue weighted by Gasteiger charge is 2.28. The van der Waals surface area contributed by atoms with E-state index >= 15 is 0 Å². The number of rotatable bonds is 8. The van der Waals surface area contributed by atoms with Crippen molar-refractivity contribution >= 4 is 11.9 Å². The molecular weight excluding hydrogens is 362 g/mol. The van der Waals surface area contributed by atoms with E-state index in [1.54, 1.807) is 0 Å². The second-order valence-electron chi connectivity index (χ2n) is 8.02. The standard InChI is InChI=1S/C23H37N5O/c1-4-24-23(28-14-12-21(18-28)26(5-2)6-3)25-16-19-9-7-10-20(15-19)17-27-13-8-11-22(27)29/h7,9-10,15,21H,4-6,8,11-14,16-18H2,1-3H3,(H,24,25). The lowest BCUT2D eigenvalue weighted by atomic mass is 10.1. The van der Waals surface area contributed by atoms with Gasteiger partial charge in [-0.25, -0.2) is 4.99 Å². The van der Waals surface area contributed by atoms with E-state index in [1.165, 1.54) is 17.5 Å². The molecule has 1 unspecified atom stereocenters. The number of guanidine groups is 1. The van der Waals surface area contributed by atoms with E-state index in [-0.39, 0.29) is 5.91 Å². The smallest absolute Gasteiger partial charge is 0.222 e. The molecule has 1 N–H and O–H groups in total. The summed E-state index contributed by atoms with van der Waals surface area (Å²) in [6.45, 7) is 14.1. The molecule has 6 heteroatoms. The third-order valence-electron chi connectivity index (χ3n) is 6.07. The molecule has 2 saturated heterocycles. The average Bonchev–Trinajstić information content (AvgIpc) is 3.36. The molecule has 2 fully saturated rings. The minimum absolute atomic E-state index is 0.277. The van der Waals surface area contributed by atoms with Crippen LogP contribution in [0.5, 0.6) is 0 Å². The molecule has 0 aromatic heterocycles. The summed E-state index contributed by atoms with van der Waals surface area (Å²) in [4.78, 5) is 23.7. The van der Waals surface area contributed by atoms with Crippen LogP contribution in [0.3, 0.4) is 0 Å². The van der Waals surface area contributed by atoms with Crippen LogP contribution in [-0.4, -0.2) is 71.9 Å². The summed E-state index contributed by atoms with van der Waals surface area (Å²) in [6.07, 6.45) is 2.88. The molecule has 6 nitrogen and oxygen atoms in total. The lowest BCUT2D eigenvalue weighted by Crippen LogP contribution is -2.43. The van der Waals surface area contributed by atoms with Crippen LogP contribution in [-0.2, 0) is 17.9 Å². The molecule has 1 aromatic carbocycles. The first-order valence-electron chi connectivity index (χ1n) is 11.3. The largest absolute Gasteiger partial charge is 0.357 e. The summed E-state index contributed by atoms with van der Waals surface area (Å²) in [5, 5.41) is 3.47. The number of carbonyl (C=O) groups excluding carboxylic acids is 1. The van der Waals surface area contributed by atoms with Gasteiger partial charge >= 0.3 is 0 Å². The molecule has 1 aromatic rings. The Kier molecular flexibility index (Phi) is 7.92. The molecule has 3 rings (SSSR count). The van der Waals surface area contributed by atoms with Crippen LogP contribution in [0.4, 0.5) is 0 Å². The van der Waals surface area contributed by atoms with Gasteiger partial charge in [0.25, 0.3) is 0 Å². The third kappa shape index (κ3) is 5.72. The fourth-order valence-electron chi connectivity index (χ4n) is 4.48. The maximum Gasteiger partial charge on any atom is 0.222 e. The number of nitrogens with zero attached hydrogens (tertiary/aromatic N) is 4. The summed E-state index contributed by atoms with van der Waals surface area (Å²) in [7, 11) is 0. The van der Waals surface area contributed by atoms with Crippen LogP contribution in [0.2, 0.25) is 0 Å². The Bertz CT molecular complexity index is 700. The number of hydrogen-bond donors (Lipinski definition) is 1. The second kappa shape index (κ2) is 10.6. The van der Waals surface area contributed by atoms with Crippen LogP contribution < -0.4 is 5.32 Å². The highest BCUT2D eigenvalue weighted by molar-refractivity contribution is 5.80. The number of hydrogen-bond acceptors (Lipinski definition) is 3. The van der Waals surface area contributed by atoms with Gasteiger partial charge in [-0.2, -0.15) is 0 Å². The number of likely N-dealkylation sites (N-methyl/N-ethyl adjacent to an activating group) is 1. The van der Waals surface area contributed by atoms with Gasteiger partial charge in [-0.3, -0.25) is 9.69 Å². The molecule has 2 aliphatic rings. The number of aliphatic imine (C=N–C) groups is 1. The first-order chi connectivity index (χ1) is 14.1. The Hall–Kier alpha value is -2.08. The van der Waals surface area contributed by atoms with Crippen molar-refractivity contribution in [3.05, 3.63) is 35.4 Å². The number of benzene rings is 1. The van der Waals surface area contributed by atoms with Gasteiger partial charge in [0.2, 0.25) is 5.91 Å². The van der Waals surface area contributed by atoms with E-state index in [4.69, 9.17) is 4.99 Å². The minimum Gasteiger partial charge on any atom is -0.357 e. The fraction of sp³-hybridized carbons (Fsp3) is 0.652. The summed E-state index contributed by atoms with van der Waals surface area (Å²) in [5.74, 6) is 1.29. The van der Waals surface area contributed by atoms with Crippen LogP contribution in [0.15, 0.2) is 29.3 Å². The predicted octanol–water partition coefficient (Wildman–Crippen LogP) is 2.69. The molecule has 0 aliphatic carbocycles. The van der Waals surface area contributed by atoms with Crippen LogP contribution in [0.1, 0.15) is 51.2 Å². The minimum atomic E-state index is 0.277. The van der Waals surface area contributed by atoms with Crippen molar-refractivity contribution in [1.29, 1.82) is 0 Å². The molecule has 0 spiro atoms. The number of nitrogens with one attached hydrogen (secondary N) is 1. The van der Waals surface area contributed by atoms with Gasteiger partial charge in [-0.15, -0.1) is 0 Å². The van der Waals surface area contributed by atoms with Gasteiger partial charge in [-0.05, 0) is 44.0 Å². The van der Waals surface area contributed by atoms with Gasteiger partial charge < -0.3 is 15.1 Å². The van der Waals surface area contributed by atoms with Gasteiger partial charge in [-0.1, -0.05) is 38.1 Å². The number of amides is 1. The normalized spacial score (nSPS) is 20.2. The molecule has 2 aliphatic heterocycles. The molecule has 1 amide bonds. The van der Waals surface area contributed by atoms with Crippen molar-refractivity contribution in [2.75, 3.05) is 39.3 Å². The van der Waals surface area contributed by atoms with Crippen molar-refractivity contribution in [1.82, 2.24) is 20.0 Å². The first-order valence-corrected chi connectivity index (χ1v) is 11.3. The van der Waals surface area contributed by atoms with Crippen molar-refractivity contribution < 1.29 is 4.79 Å². The van der Waals surface area contributed by atoms with E-state index in [0.717, 1.165) is 51.6 Å². The van der Waals surface area contributed by atoms with Crippen molar-refractivity contribution in [3.8, 4) is 0 Å². The van der Waals surface area contributed by atoms with E-state index in [1.807, 2.05) is 4.90 Å². The fourth-order valence-corrected chi connectivity index (χ4v) is 4.48. The zero-order chi connectivity index (χ0) is 20.6. The zero-order valence-corrected chi connectivity index (χ0v) is 18.4. The van der Waals surface area contributed by atoms with Gasteiger partial charge in [0.05, 0.1) is 6.54 Å². The van der Waals surface area contributed by atoms with Gasteiger partial charge in [0, 0.05) is 45.2 Å². The molecule has 0 bridgehead atoms. The maximum atomic E-state index is 11.9. The van der Waals surface area contributed by atoms with Crippen molar-refractivity contribution in [2.24, 2.45) is 4.99 Å². The average molecular weight is 400 g/mol. The highest BCUT2D eigenvalue weighted by Crippen LogP contribution is 2.17. The van der Waals surface area contributed by atoms with Crippen molar-refractivity contribution in [2.45, 2.75) is 59.2 Å². The zero-order valence-electron chi connectivity index (χ0n) is 18.4. The van der Waals surface area contributed by atoms with Crippen LogP contribution in [0.25, 0.3) is 0 Å². The van der Waals surface area contributed by atoms with E-state index in [2.05, 4.69) is 60.2 Å². The molecular formula is C23H37N5O. The van der Waals surface area contributed by atoms with Gasteiger partial charge in [0.1, 0.15) is 0 Å². The molecule has 29 heavy (non-hydrogen) atoms. The Morgan fingerprint density at radius 3 is 2.69 bits per heavy atom. The monoisotopic (exact) mass is 399 g/mol. The highest BCUT2D eigenvalue weighted by atomic mass is 16.2. The number of likely N-dealkylation sites (tertiary alicyclic amines) is 2. The molecule has 160 valence electrons. The molecule has 2 heterocycles. The van der Waals surface area contributed by atoms with Crippen molar-refractivity contribution in [3.63, 3.8) is 0 Å². The molecule has 1 atom stereocenters. The number of carbonyl (C=O) groups is 1. The Morgan fingerprint density at radius 2 is 2.00 bits per heavy atom. The van der Waals surface area contributed by atoms with E-state index in [9.17, 15) is 4.79 Å². The maximum absolute atomic E-state index is 11.9. The third-order valence-corrected chi connectivity index (χ3v) is 6.07. The quantitative estimate of drug-likeness (QED) is 0.539. The van der Waals surface area contributed by atoms with E-state index < -0.39 is 0 Å². The summed E-state index contributed by atoms with van der Waals surface area (Å²) in [5.41, 5.74) is 2.39. The lowest BCUT2D eigenvalue weighted by molar-refractivity contribution is -0.128. The molecule has 0 saturated carbocycles. The summed E-state index contributed by atoms with van der Waals surface area (Å²) >= 11 is 0. The van der Waals surface area contributed by atoms with Crippen LogP contribution >= 0.6 is 0 Å². The Morgan fingerprint density at radius 1 is 1.21 bits per heavy atom. The lowest BCUT2D eigenvalue weighted by Gasteiger charge is -2.27. The van der Waals surface area contributed by atoms with Crippen LogP contribution in [0, 0.1) is 0 Å².